The molecule has 0 radical (unpaired) electrons. The van der Waals surface area contributed by atoms with Crippen molar-refractivity contribution in [3.05, 3.63) is 163 Å². The van der Waals surface area contributed by atoms with E-state index in [2.05, 4.69) is 174 Å². The standard InChI is InChI=1S/C26H31N3O3.C23H33BO4.C23H31BO4.C17H19BrO2.C12H24B2O4.C2H4O2.K.Li.H2O.H2/c1-25(2)21(14-19-23(27)28-15-29-24(19)32-25)17-4-5-20-18(13-17)8-11-26(20)9-6-16(7-10-26)12-22(30)31-3;2*1-21(2)22(3,4)28-24(27-21)18-6-7-19-17(15-18)10-13-23(19)11-8-16(9-12-23)14-20(25)26-5;1-20-16(19)10-12-4-7-17(8-5-12)9-6-13-11-14(18)2-3-15(13)17;1-9(2)10(3,4)16-13(15-9)14-17-11(5,6)12(7,8)18-14;1-2(3)4;;;;/h4-5,13-16H,6-12H2,1-3H3,(H2,27,28,29);6-7,15-16H,8-14H2,1-5H3;6-7,14-15H,8-13H2,1-5H3;2-3,10-11H,4-9H2,1H3;1-8H3;1H3,(H,3,4);;;1H2;1H/q;;;;;;2*+1;;/p-2. The Morgan fingerprint density at radius 3 is 1.11 bits per heavy atom. The van der Waals surface area contributed by atoms with Gasteiger partial charge in [-0.1, -0.05) is 87.7 Å². The summed E-state index contributed by atoms with van der Waals surface area (Å²) in [6.45, 7) is 38.1. The second-order valence-corrected chi connectivity index (χ2v) is 44.2. The van der Waals surface area contributed by atoms with Gasteiger partial charge in [0.05, 0.1) is 78.8 Å². The molecule has 5 aromatic rings. The molecule has 712 valence electrons. The Balaban J connectivity index is 0.000000187. The van der Waals surface area contributed by atoms with Crippen molar-refractivity contribution in [2.24, 2.45) is 11.8 Å². The quantitative estimate of drug-likeness (QED) is 0.0587. The summed E-state index contributed by atoms with van der Waals surface area (Å²) < 4.78 is 75.4. The Hall–Kier alpha value is -5.26. The number of carbonyl (C=O) groups excluding carboxylic acids is 5. The minimum atomic E-state index is -1.08. The van der Waals surface area contributed by atoms with Crippen molar-refractivity contribution in [1.82, 2.24) is 9.97 Å². The van der Waals surface area contributed by atoms with Crippen molar-refractivity contribution in [2.45, 2.75) is 371 Å². The van der Waals surface area contributed by atoms with Crippen LogP contribution in [0.3, 0.4) is 0 Å². The van der Waals surface area contributed by atoms with Gasteiger partial charge in [-0.2, -0.15) is 0 Å². The smallest absolute Gasteiger partial charge is 0.870 e. The second-order valence-electron chi connectivity index (χ2n) is 43.3. The Morgan fingerprint density at radius 2 is 0.759 bits per heavy atom. The SMILES string of the molecule is CC(=O)[O-].CC1(C)OB(B2OC(C)(C)C(C)(C)O2)OC1(C)C.COC(=O)C=C1CCC2(CC1)CCc1cc(B3OC(C)(C)C(C)(C)O3)ccc12.COC(=O)C=C1CCC2(CC1)CCc1cc(Br)ccc12.COC(=O)CC1CCC2(CCc3cc(B4OC(C)(C)C(C)(C)O4)ccc32)CC1.COC(=O)CC1CCC2(CCc3cc(C4=Cc5c(N)ncnc5OC4(C)C)ccc32)CC1.[HH].[K+].[Li+].[OH-]. The number of carboxylic acid groups (broad SMARTS) is 1. The molecule has 0 bridgehead atoms. The maximum absolute atomic E-state index is 11.7. The summed E-state index contributed by atoms with van der Waals surface area (Å²) in [5, 5.41) is 8.89. The zero-order valence-corrected chi connectivity index (χ0v) is 88.8. The summed E-state index contributed by atoms with van der Waals surface area (Å²) in [5.74, 6) is 0.222. The molecule has 0 atom stereocenters. The van der Waals surface area contributed by atoms with Crippen LogP contribution in [-0.2, 0) is 127 Å². The number of nitrogens with two attached hydrogens (primary N) is 1. The summed E-state index contributed by atoms with van der Waals surface area (Å²) in [7, 11) is 4.30. The number of ether oxygens (including phenoxy) is 5. The molecule has 4 spiro atoms. The molecule has 4 aromatic carbocycles. The molecule has 0 amide bonds. The van der Waals surface area contributed by atoms with Gasteiger partial charge in [-0.15, -0.1) is 0 Å². The molecule has 5 aliphatic heterocycles. The molecular formula is C103H144B4BrKLiN3O20. The van der Waals surface area contributed by atoms with Gasteiger partial charge in [-0.3, -0.25) is 9.59 Å². The van der Waals surface area contributed by atoms with Gasteiger partial charge in [-0.05, 0) is 398 Å². The number of allylic oxidation sites excluding steroid dienone is 2. The number of hydrogen-bond acceptors (Lipinski definition) is 23. The van der Waals surface area contributed by atoms with Crippen LogP contribution in [0, 0.1) is 11.8 Å². The fourth-order valence-electron chi connectivity index (χ4n) is 21.8. The number of halogens is 1. The maximum atomic E-state index is 11.7. The average molecular weight is 1910 g/mol. The van der Waals surface area contributed by atoms with Crippen LogP contribution in [-0.4, -0.2) is 152 Å². The largest absolute Gasteiger partial charge is 1.00 e. The van der Waals surface area contributed by atoms with Gasteiger partial charge in [0.15, 0.2) is 0 Å². The Bertz CT molecular complexity index is 5030. The van der Waals surface area contributed by atoms with Crippen LogP contribution >= 0.6 is 15.9 Å². The molecule has 8 aliphatic carbocycles. The molecule has 30 heteroatoms. The van der Waals surface area contributed by atoms with Crippen molar-refractivity contribution in [1.29, 1.82) is 0 Å². The zero-order chi connectivity index (χ0) is 94.5. The van der Waals surface area contributed by atoms with Crippen LogP contribution in [0.5, 0.6) is 5.88 Å². The Kier molecular flexibility index (Phi) is 35.2. The topological polar surface area (TPSA) is 310 Å². The first kappa shape index (κ1) is 110. The van der Waals surface area contributed by atoms with Crippen LogP contribution in [0.4, 0.5) is 5.82 Å². The fraction of sp³-hybridized carbons (Fsp3) is 0.621. The van der Waals surface area contributed by atoms with Crippen LogP contribution < -0.4 is 96.7 Å². The number of anilines is 1. The first-order valence-electron chi connectivity index (χ1n) is 47.4. The Labute approximate surface area is 856 Å². The molecular weight excluding hydrogens is 1770 g/mol. The molecule has 18 rings (SSSR count). The van der Waals surface area contributed by atoms with E-state index < -0.39 is 25.6 Å². The monoisotopic (exact) mass is 1910 g/mol. The van der Waals surface area contributed by atoms with Gasteiger partial charge in [0.25, 0.3) is 0 Å². The van der Waals surface area contributed by atoms with Crippen molar-refractivity contribution in [3.8, 4) is 5.88 Å². The van der Waals surface area contributed by atoms with E-state index in [4.69, 9.17) is 76.6 Å². The number of aryl methyl sites for hydroxylation is 4. The van der Waals surface area contributed by atoms with E-state index in [0.29, 0.717) is 47.2 Å². The summed E-state index contributed by atoms with van der Waals surface area (Å²) in [6.07, 6.45) is 35.0. The van der Waals surface area contributed by atoms with Crippen LogP contribution in [0.2, 0.25) is 0 Å². The van der Waals surface area contributed by atoms with Crippen molar-refractivity contribution in [3.63, 3.8) is 0 Å². The van der Waals surface area contributed by atoms with Crippen molar-refractivity contribution < 1.29 is 167 Å². The average Bonchev–Trinajstić information content (AvgIpc) is 1.53. The number of benzene rings is 4. The molecule has 23 nitrogen and oxygen atoms in total. The first-order valence-corrected chi connectivity index (χ1v) is 48.2. The predicted molar refractivity (Wildman–Crippen MR) is 515 cm³/mol. The summed E-state index contributed by atoms with van der Waals surface area (Å²) >= 11 is 3.56. The van der Waals surface area contributed by atoms with Crippen LogP contribution in [0.25, 0.3) is 11.6 Å². The molecule has 0 unspecified atom stereocenters. The number of aromatic nitrogens is 2. The van der Waals surface area contributed by atoms with E-state index in [-0.39, 0.29) is 171 Å². The first-order chi connectivity index (χ1) is 60.9. The molecule has 4 saturated heterocycles. The van der Waals surface area contributed by atoms with E-state index >= 15 is 0 Å². The normalized spacial score (nSPS) is 26.6. The fourth-order valence-corrected chi connectivity index (χ4v) is 22.2. The third-order valence-corrected chi connectivity index (χ3v) is 33.2. The molecule has 4 saturated carbocycles. The van der Waals surface area contributed by atoms with E-state index in [1.807, 2.05) is 55.4 Å². The molecule has 133 heavy (non-hydrogen) atoms. The number of aliphatic carboxylic acids is 1. The number of hydrogen-bond donors (Lipinski definition) is 1. The van der Waals surface area contributed by atoms with Crippen molar-refractivity contribution >= 4 is 102 Å². The van der Waals surface area contributed by atoms with Gasteiger partial charge in [0.1, 0.15) is 17.7 Å². The van der Waals surface area contributed by atoms with Crippen LogP contribution in [0.15, 0.2) is 107 Å². The molecule has 13 aliphatic rings. The van der Waals surface area contributed by atoms with E-state index in [9.17, 15) is 19.2 Å². The summed E-state index contributed by atoms with van der Waals surface area (Å²) in [6, 6.07) is 27.2. The third kappa shape index (κ3) is 23.8. The maximum Gasteiger partial charge on any atom is 1.00 e. The van der Waals surface area contributed by atoms with Gasteiger partial charge < -0.3 is 82.0 Å². The van der Waals surface area contributed by atoms with Crippen molar-refractivity contribution in [2.75, 3.05) is 34.2 Å². The van der Waals surface area contributed by atoms with E-state index in [1.165, 1.54) is 145 Å². The molecule has 3 N–H and O–H groups in total. The number of nitrogen functional groups attached to an aromatic ring is 1. The number of fused-ring (bicyclic) bond motifs is 9. The van der Waals surface area contributed by atoms with E-state index in [1.54, 1.807) is 12.2 Å². The third-order valence-electron chi connectivity index (χ3n) is 32.7. The number of rotatable bonds is 10. The van der Waals surface area contributed by atoms with Gasteiger partial charge in [0, 0.05) is 42.4 Å². The van der Waals surface area contributed by atoms with Crippen LogP contribution in [0.1, 0.15) is 330 Å². The number of esters is 4. The minimum Gasteiger partial charge on any atom is -0.870 e. The molecule has 8 fully saturated rings. The number of methoxy groups -OCH3 is 4. The second kappa shape index (κ2) is 42.7. The zero-order valence-electron chi connectivity index (χ0n) is 84.1. The Morgan fingerprint density at radius 1 is 0.451 bits per heavy atom. The number of carboxylic acids is 1. The van der Waals surface area contributed by atoms with E-state index in [0.717, 1.165) is 138 Å². The minimum absolute atomic E-state index is 0. The molecule has 6 heterocycles. The predicted octanol–water partition coefficient (Wildman–Crippen LogP) is 11.9. The van der Waals surface area contributed by atoms with Gasteiger partial charge in [-0.25, -0.2) is 19.6 Å². The van der Waals surface area contributed by atoms with Gasteiger partial charge >= 0.3 is 122 Å². The van der Waals surface area contributed by atoms with Gasteiger partial charge in [0.2, 0.25) is 5.88 Å². The summed E-state index contributed by atoms with van der Waals surface area (Å²) in [5.41, 5.74) is 23.7. The molecule has 1 aromatic heterocycles. The number of nitrogens with zero attached hydrogens (tertiary/aromatic N) is 2. The number of carbonyl (C=O) groups is 5. The summed E-state index contributed by atoms with van der Waals surface area (Å²) in [4.78, 5) is 63.4.